The van der Waals surface area contributed by atoms with Gasteiger partial charge in [0.25, 0.3) is 0 Å². The molecular formula is C17H24N2OS2. The molecule has 1 aromatic rings. The van der Waals surface area contributed by atoms with E-state index in [9.17, 15) is 4.79 Å². The lowest BCUT2D eigenvalue weighted by Gasteiger charge is -2.31. The van der Waals surface area contributed by atoms with Crippen LogP contribution in [0.15, 0.2) is 24.3 Å². The molecule has 1 aliphatic rings. The third-order valence-electron chi connectivity index (χ3n) is 4.01. The molecule has 1 N–H and O–H groups in total. The molecule has 1 heterocycles. The first-order chi connectivity index (χ1) is 10.6. The quantitative estimate of drug-likeness (QED) is 0.844. The maximum atomic E-state index is 12.0. The fraction of sp³-hybridized carbons (Fsp3) is 0.529. The second-order valence-electron chi connectivity index (χ2n) is 5.82. The number of nitrogens with one attached hydrogen (secondary N) is 1. The average molecular weight is 337 g/mol. The molecule has 1 aliphatic heterocycles. The maximum Gasteiger partial charge on any atom is 0.234 e. The summed E-state index contributed by atoms with van der Waals surface area (Å²) in [6, 6.07) is 7.99. The van der Waals surface area contributed by atoms with E-state index in [1.807, 2.05) is 24.3 Å². The topological polar surface area (TPSA) is 32.3 Å². The van der Waals surface area contributed by atoms with Crippen LogP contribution in [0.5, 0.6) is 0 Å². The second-order valence-corrected chi connectivity index (χ2v) is 7.43. The average Bonchev–Trinajstić information content (AvgIpc) is 2.54. The van der Waals surface area contributed by atoms with Crippen molar-refractivity contribution in [1.29, 1.82) is 0 Å². The number of thiocarbonyl (C=S) groups is 1. The van der Waals surface area contributed by atoms with Crippen LogP contribution in [0, 0.1) is 5.92 Å². The first kappa shape index (κ1) is 17.3. The minimum absolute atomic E-state index is 0.00183. The predicted octanol–water partition coefficient (Wildman–Crippen LogP) is 3.94. The molecule has 5 heteroatoms. The smallest absolute Gasteiger partial charge is 0.234 e. The predicted molar refractivity (Wildman–Crippen MR) is 99.5 cm³/mol. The number of piperidine rings is 1. The van der Waals surface area contributed by atoms with Crippen LogP contribution < -0.4 is 5.32 Å². The lowest BCUT2D eigenvalue weighted by Crippen LogP contribution is -2.36. The number of nitrogens with zero attached hydrogens (tertiary/aromatic N) is 1. The first-order valence-electron chi connectivity index (χ1n) is 7.89. The molecular weight excluding hydrogens is 312 g/mol. The number of hydrogen-bond donors (Lipinski definition) is 1. The minimum atomic E-state index is 0.00183. The molecule has 3 nitrogen and oxygen atoms in total. The Bertz CT molecular complexity index is 508. The number of carbonyl (C=O) groups is 1. The largest absolute Gasteiger partial charge is 0.357 e. The summed E-state index contributed by atoms with van der Waals surface area (Å²) in [6.07, 6.45) is 3.39. The molecule has 1 aromatic carbocycles. The Morgan fingerprint density at radius 2 is 1.95 bits per heavy atom. The first-order valence-corrected chi connectivity index (χ1v) is 9.28. The van der Waals surface area contributed by atoms with Gasteiger partial charge in [-0.2, -0.15) is 0 Å². The molecule has 22 heavy (non-hydrogen) atoms. The van der Waals surface area contributed by atoms with Crippen LogP contribution in [0.1, 0.15) is 32.3 Å². The van der Waals surface area contributed by atoms with Gasteiger partial charge in [0.05, 0.1) is 5.75 Å². The summed E-state index contributed by atoms with van der Waals surface area (Å²) in [4.78, 5) is 14.2. The molecule has 0 aliphatic carbocycles. The number of carbonyl (C=O) groups excluding carboxylic acids is 1. The zero-order chi connectivity index (χ0) is 15.9. The summed E-state index contributed by atoms with van der Waals surface area (Å²) >= 11 is 6.90. The van der Waals surface area contributed by atoms with E-state index in [1.54, 1.807) is 0 Å². The number of thioether (sulfide) groups is 1. The van der Waals surface area contributed by atoms with Gasteiger partial charge in [0, 0.05) is 18.8 Å². The Morgan fingerprint density at radius 3 is 2.55 bits per heavy atom. The van der Waals surface area contributed by atoms with Crippen molar-refractivity contribution in [2.24, 2.45) is 5.92 Å². The van der Waals surface area contributed by atoms with Gasteiger partial charge in [-0.05, 0) is 42.9 Å². The Balaban J connectivity index is 1.73. The van der Waals surface area contributed by atoms with Crippen molar-refractivity contribution in [1.82, 2.24) is 4.90 Å². The van der Waals surface area contributed by atoms with E-state index < -0.39 is 0 Å². The maximum absolute atomic E-state index is 12.0. The van der Waals surface area contributed by atoms with Crippen molar-refractivity contribution < 1.29 is 4.79 Å². The Hall–Kier alpha value is -1.07. The highest BCUT2D eigenvalue weighted by Gasteiger charge is 2.18. The van der Waals surface area contributed by atoms with Crippen LogP contribution in [0.3, 0.4) is 0 Å². The number of aryl methyl sites for hydroxylation is 1. The summed E-state index contributed by atoms with van der Waals surface area (Å²) < 4.78 is 0.850. The normalized spacial score (nSPS) is 15.6. The standard InChI is InChI=1S/C17H24N2OS2/c1-3-14-4-6-15(7-5-14)18-16(20)12-22-17(21)19-10-8-13(2)9-11-19/h4-7,13H,3,8-12H2,1-2H3,(H,18,20). The lowest BCUT2D eigenvalue weighted by molar-refractivity contribution is -0.113. The van der Waals surface area contributed by atoms with E-state index in [2.05, 4.69) is 24.1 Å². The van der Waals surface area contributed by atoms with E-state index >= 15 is 0 Å². The highest BCUT2D eigenvalue weighted by Crippen LogP contribution is 2.20. The van der Waals surface area contributed by atoms with Gasteiger partial charge in [-0.15, -0.1) is 0 Å². The van der Waals surface area contributed by atoms with Crippen molar-refractivity contribution in [2.75, 3.05) is 24.2 Å². The van der Waals surface area contributed by atoms with Crippen LogP contribution in [-0.2, 0) is 11.2 Å². The number of benzene rings is 1. The number of amides is 1. The highest BCUT2D eigenvalue weighted by atomic mass is 32.2. The number of rotatable bonds is 4. The number of anilines is 1. The van der Waals surface area contributed by atoms with E-state index in [0.29, 0.717) is 5.75 Å². The van der Waals surface area contributed by atoms with Gasteiger partial charge in [0.15, 0.2) is 0 Å². The van der Waals surface area contributed by atoms with E-state index in [4.69, 9.17) is 12.2 Å². The summed E-state index contributed by atoms with van der Waals surface area (Å²) in [5.41, 5.74) is 2.12. The van der Waals surface area contributed by atoms with Gasteiger partial charge in [-0.1, -0.05) is 50.0 Å². The van der Waals surface area contributed by atoms with Crippen molar-refractivity contribution >= 4 is 39.9 Å². The molecule has 0 bridgehead atoms. The molecule has 0 saturated carbocycles. The molecule has 0 aromatic heterocycles. The van der Waals surface area contributed by atoms with Crippen LogP contribution >= 0.6 is 24.0 Å². The van der Waals surface area contributed by atoms with Gasteiger partial charge in [-0.3, -0.25) is 4.79 Å². The summed E-state index contributed by atoms with van der Waals surface area (Å²) in [7, 11) is 0. The summed E-state index contributed by atoms with van der Waals surface area (Å²) in [5.74, 6) is 1.17. The molecule has 1 fully saturated rings. The minimum Gasteiger partial charge on any atom is -0.357 e. The van der Waals surface area contributed by atoms with Crippen molar-refractivity contribution in [2.45, 2.75) is 33.1 Å². The lowest BCUT2D eigenvalue weighted by atomic mass is 10.00. The van der Waals surface area contributed by atoms with Crippen molar-refractivity contribution in [3.63, 3.8) is 0 Å². The van der Waals surface area contributed by atoms with Gasteiger partial charge < -0.3 is 10.2 Å². The second kappa shape index (κ2) is 8.53. The van der Waals surface area contributed by atoms with Gasteiger partial charge in [-0.25, -0.2) is 0 Å². The molecule has 2 rings (SSSR count). The van der Waals surface area contributed by atoms with Crippen molar-refractivity contribution in [3.8, 4) is 0 Å². The van der Waals surface area contributed by atoms with Gasteiger partial charge >= 0.3 is 0 Å². The molecule has 0 atom stereocenters. The molecule has 0 spiro atoms. The molecule has 0 unspecified atom stereocenters. The van der Waals surface area contributed by atoms with Crippen LogP contribution in [-0.4, -0.2) is 34.0 Å². The van der Waals surface area contributed by atoms with Crippen LogP contribution in [0.2, 0.25) is 0 Å². The van der Waals surface area contributed by atoms with E-state index in [-0.39, 0.29) is 5.91 Å². The van der Waals surface area contributed by atoms with E-state index in [1.165, 1.54) is 30.2 Å². The molecule has 1 amide bonds. The summed E-state index contributed by atoms with van der Waals surface area (Å²) in [6.45, 7) is 6.44. The van der Waals surface area contributed by atoms with Gasteiger partial charge in [0.1, 0.15) is 4.32 Å². The Labute approximate surface area is 142 Å². The fourth-order valence-corrected chi connectivity index (χ4v) is 3.48. The molecule has 120 valence electrons. The number of likely N-dealkylation sites (tertiary alicyclic amines) is 1. The highest BCUT2D eigenvalue weighted by molar-refractivity contribution is 8.23. The zero-order valence-corrected chi connectivity index (χ0v) is 14.9. The monoisotopic (exact) mass is 336 g/mol. The summed E-state index contributed by atoms with van der Waals surface area (Å²) in [5, 5.41) is 2.92. The third-order valence-corrected chi connectivity index (χ3v) is 5.54. The zero-order valence-electron chi connectivity index (χ0n) is 13.3. The SMILES string of the molecule is CCc1ccc(NC(=O)CSC(=S)N2CCC(C)CC2)cc1. The molecule has 0 radical (unpaired) electrons. The Morgan fingerprint density at radius 1 is 1.32 bits per heavy atom. The van der Waals surface area contributed by atoms with Gasteiger partial charge in [0.2, 0.25) is 5.91 Å². The van der Waals surface area contributed by atoms with E-state index in [0.717, 1.165) is 35.4 Å². The third kappa shape index (κ3) is 5.29. The number of hydrogen-bond acceptors (Lipinski definition) is 3. The Kier molecular flexibility index (Phi) is 6.70. The molecule has 1 saturated heterocycles. The fourth-order valence-electron chi connectivity index (χ4n) is 2.43. The van der Waals surface area contributed by atoms with Crippen LogP contribution in [0.25, 0.3) is 0 Å². The van der Waals surface area contributed by atoms with Crippen molar-refractivity contribution in [3.05, 3.63) is 29.8 Å². The van der Waals surface area contributed by atoms with Crippen LogP contribution in [0.4, 0.5) is 5.69 Å².